The van der Waals surface area contributed by atoms with E-state index < -0.39 is 11.7 Å². The first-order valence-electron chi connectivity index (χ1n) is 6.15. The van der Waals surface area contributed by atoms with E-state index in [1.807, 2.05) is 0 Å². The van der Waals surface area contributed by atoms with Crippen molar-refractivity contribution in [1.29, 1.82) is 0 Å². The Morgan fingerprint density at radius 3 is 2.59 bits per heavy atom. The van der Waals surface area contributed by atoms with Gasteiger partial charge in [-0.25, -0.2) is 0 Å². The molecule has 5 heteroatoms. The lowest BCUT2D eigenvalue weighted by Gasteiger charge is -2.35. The highest BCUT2D eigenvalue weighted by Gasteiger charge is 2.40. The zero-order valence-electron chi connectivity index (χ0n) is 10.6. The second-order valence-electron chi connectivity index (χ2n) is 5.01. The van der Waals surface area contributed by atoms with Gasteiger partial charge in [-0.05, 0) is 38.5 Å². The second kappa shape index (κ2) is 4.74. The van der Waals surface area contributed by atoms with Crippen LogP contribution < -0.4 is 0 Å². The Kier molecular flexibility index (Phi) is 3.49. The van der Waals surface area contributed by atoms with Gasteiger partial charge in [0, 0.05) is 7.11 Å². The minimum Gasteiger partial charge on any atom is -0.384 e. The summed E-state index contributed by atoms with van der Waals surface area (Å²) in [6.45, 7) is 3.86. The lowest BCUT2D eigenvalue weighted by Crippen LogP contribution is -2.34. The number of aromatic nitrogens is 2. The van der Waals surface area contributed by atoms with Crippen LogP contribution in [0.4, 0.5) is 0 Å². The van der Waals surface area contributed by atoms with Crippen molar-refractivity contribution in [2.24, 2.45) is 5.92 Å². The predicted molar refractivity (Wildman–Crippen MR) is 61.3 cm³/mol. The van der Waals surface area contributed by atoms with Gasteiger partial charge in [0.2, 0.25) is 5.82 Å². The summed E-state index contributed by atoms with van der Waals surface area (Å²) < 4.78 is 10.7. The lowest BCUT2D eigenvalue weighted by molar-refractivity contribution is -0.0609. The molecule has 0 bridgehead atoms. The minimum absolute atomic E-state index is 0.259. The summed E-state index contributed by atoms with van der Waals surface area (Å²) in [7, 11) is 1.69. The normalized spacial score (nSPS) is 31.4. The molecule has 1 fully saturated rings. The first-order chi connectivity index (χ1) is 8.07. The van der Waals surface area contributed by atoms with Crippen LogP contribution in [0.1, 0.15) is 57.3 Å². The van der Waals surface area contributed by atoms with E-state index in [4.69, 9.17) is 9.26 Å². The van der Waals surface area contributed by atoms with Gasteiger partial charge >= 0.3 is 0 Å². The Labute approximate surface area is 101 Å². The summed E-state index contributed by atoms with van der Waals surface area (Å²) in [5.41, 5.74) is -0.427. The molecule has 96 valence electrons. The molecule has 0 spiro atoms. The van der Waals surface area contributed by atoms with Crippen molar-refractivity contribution in [3.8, 4) is 0 Å². The van der Waals surface area contributed by atoms with Crippen LogP contribution in [0.5, 0.6) is 0 Å². The summed E-state index contributed by atoms with van der Waals surface area (Å²) in [5.74, 6) is 1.55. The van der Waals surface area contributed by atoms with Crippen LogP contribution in [0.2, 0.25) is 0 Å². The van der Waals surface area contributed by atoms with Crippen molar-refractivity contribution in [2.45, 2.75) is 51.2 Å². The zero-order chi connectivity index (χ0) is 12.5. The fourth-order valence-electron chi connectivity index (χ4n) is 2.34. The maximum atomic E-state index is 9.40. The SMILES string of the molecule is COC1(c2noc(C(C)O)n2)CCC(C)CC1. The van der Waals surface area contributed by atoms with Gasteiger partial charge in [0.15, 0.2) is 0 Å². The molecule has 1 N–H and O–H groups in total. The van der Waals surface area contributed by atoms with Crippen molar-refractivity contribution in [1.82, 2.24) is 10.1 Å². The fraction of sp³-hybridized carbons (Fsp3) is 0.833. The molecular formula is C12H20N2O3. The lowest BCUT2D eigenvalue weighted by atomic mass is 9.79. The van der Waals surface area contributed by atoms with E-state index in [0.29, 0.717) is 5.82 Å². The fourth-order valence-corrected chi connectivity index (χ4v) is 2.34. The standard InChI is InChI=1S/C12H20N2O3/c1-8-4-6-12(16-3,7-5-8)11-13-10(9(2)15)17-14-11/h8-9,15H,4-7H2,1-3H3. The van der Waals surface area contributed by atoms with Crippen molar-refractivity contribution < 1.29 is 14.4 Å². The number of hydrogen-bond acceptors (Lipinski definition) is 5. The van der Waals surface area contributed by atoms with Crippen molar-refractivity contribution in [3.05, 3.63) is 11.7 Å². The molecule has 0 saturated heterocycles. The highest BCUT2D eigenvalue weighted by Crippen LogP contribution is 2.40. The van der Waals surface area contributed by atoms with Crippen LogP contribution in [0.15, 0.2) is 4.52 Å². The van der Waals surface area contributed by atoms with Gasteiger partial charge in [-0.1, -0.05) is 12.1 Å². The van der Waals surface area contributed by atoms with Crippen LogP contribution >= 0.6 is 0 Å². The van der Waals surface area contributed by atoms with Crippen LogP contribution in [0.3, 0.4) is 0 Å². The number of methoxy groups -OCH3 is 1. The Balaban J connectivity index is 2.22. The molecule has 0 aliphatic heterocycles. The van der Waals surface area contributed by atoms with Gasteiger partial charge in [-0.15, -0.1) is 0 Å². The molecule has 5 nitrogen and oxygen atoms in total. The third-order valence-electron chi connectivity index (χ3n) is 3.68. The van der Waals surface area contributed by atoms with Crippen molar-refractivity contribution >= 4 is 0 Å². The average molecular weight is 240 g/mol. The molecule has 1 atom stereocenters. The van der Waals surface area contributed by atoms with Crippen LogP contribution in [-0.2, 0) is 10.3 Å². The topological polar surface area (TPSA) is 68.4 Å². The van der Waals surface area contributed by atoms with E-state index in [0.717, 1.165) is 31.6 Å². The van der Waals surface area contributed by atoms with E-state index in [9.17, 15) is 5.11 Å². The van der Waals surface area contributed by atoms with Gasteiger partial charge in [-0.2, -0.15) is 4.98 Å². The summed E-state index contributed by atoms with van der Waals surface area (Å²) >= 11 is 0. The number of nitrogens with zero attached hydrogens (tertiary/aromatic N) is 2. The van der Waals surface area contributed by atoms with Crippen molar-refractivity contribution in [3.63, 3.8) is 0 Å². The van der Waals surface area contributed by atoms with E-state index in [2.05, 4.69) is 17.1 Å². The quantitative estimate of drug-likeness (QED) is 0.877. The number of aliphatic hydroxyl groups is 1. The number of ether oxygens (including phenoxy) is 1. The molecule has 1 aromatic rings. The average Bonchev–Trinajstić information content (AvgIpc) is 2.81. The van der Waals surface area contributed by atoms with Gasteiger partial charge in [-0.3, -0.25) is 0 Å². The minimum atomic E-state index is -0.729. The van der Waals surface area contributed by atoms with Gasteiger partial charge in [0.05, 0.1) is 0 Å². The largest absolute Gasteiger partial charge is 0.384 e. The predicted octanol–water partition coefficient (Wildman–Crippen LogP) is 2.17. The maximum absolute atomic E-state index is 9.40. The van der Waals surface area contributed by atoms with Crippen molar-refractivity contribution in [2.75, 3.05) is 7.11 Å². The molecule has 1 aromatic heterocycles. The van der Waals surface area contributed by atoms with Gasteiger partial charge < -0.3 is 14.4 Å². The number of rotatable bonds is 3. The van der Waals surface area contributed by atoms with Gasteiger partial charge in [0.25, 0.3) is 5.89 Å². The molecular weight excluding hydrogens is 220 g/mol. The first kappa shape index (κ1) is 12.5. The van der Waals surface area contributed by atoms with E-state index >= 15 is 0 Å². The molecule has 17 heavy (non-hydrogen) atoms. The summed E-state index contributed by atoms with van der Waals surface area (Å²) in [6.07, 6.45) is 3.29. The smallest absolute Gasteiger partial charge is 0.255 e. The first-order valence-corrected chi connectivity index (χ1v) is 6.15. The third-order valence-corrected chi connectivity index (χ3v) is 3.68. The Hall–Kier alpha value is -0.940. The summed E-state index contributed by atoms with van der Waals surface area (Å²) in [6, 6.07) is 0. The molecule has 1 heterocycles. The van der Waals surface area contributed by atoms with E-state index in [1.54, 1.807) is 14.0 Å². The molecule has 1 saturated carbocycles. The van der Waals surface area contributed by atoms with E-state index in [1.165, 1.54) is 0 Å². The molecule has 0 aromatic carbocycles. The Bertz CT molecular complexity index is 368. The number of aliphatic hydroxyl groups excluding tert-OH is 1. The molecule has 2 rings (SSSR count). The highest BCUT2D eigenvalue weighted by molar-refractivity contribution is 5.04. The summed E-state index contributed by atoms with van der Waals surface area (Å²) in [5, 5.41) is 13.4. The zero-order valence-corrected chi connectivity index (χ0v) is 10.6. The Morgan fingerprint density at radius 1 is 1.47 bits per heavy atom. The molecule has 1 unspecified atom stereocenters. The monoisotopic (exact) mass is 240 g/mol. The second-order valence-corrected chi connectivity index (χ2v) is 5.01. The van der Waals surface area contributed by atoms with Gasteiger partial charge in [0.1, 0.15) is 11.7 Å². The molecule has 1 aliphatic rings. The Morgan fingerprint density at radius 2 is 2.12 bits per heavy atom. The molecule has 0 radical (unpaired) electrons. The number of hydrogen-bond donors (Lipinski definition) is 1. The van der Waals surface area contributed by atoms with Crippen LogP contribution in [0, 0.1) is 5.92 Å². The molecule has 0 amide bonds. The maximum Gasteiger partial charge on any atom is 0.255 e. The van der Waals surface area contributed by atoms with Crippen LogP contribution in [-0.4, -0.2) is 22.4 Å². The molecule has 1 aliphatic carbocycles. The summed E-state index contributed by atoms with van der Waals surface area (Å²) in [4.78, 5) is 4.25. The highest BCUT2D eigenvalue weighted by atomic mass is 16.5. The third kappa shape index (κ3) is 2.35. The van der Waals surface area contributed by atoms with Crippen LogP contribution in [0.25, 0.3) is 0 Å². The van der Waals surface area contributed by atoms with E-state index in [-0.39, 0.29) is 5.89 Å².